The van der Waals surface area contributed by atoms with Crippen molar-refractivity contribution in [1.82, 2.24) is 9.80 Å². The summed E-state index contributed by atoms with van der Waals surface area (Å²) in [6, 6.07) is 4.04. The molecule has 0 unspecified atom stereocenters. The van der Waals surface area contributed by atoms with Crippen LogP contribution in [0.3, 0.4) is 0 Å². The molecule has 2 rings (SSSR count). The minimum absolute atomic E-state index is 0.216. The maximum absolute atomic E-state index is 12.6. The third-order valence-electron chi connectivity index (χ3n) is 4.70. The molecule has 0 N–H and O–H groups in total. The van der Waals surface area contributed by atoms with E-state index in [0.717, 1.165) is 56.0 Å². The van der Waals surface area contributed by atoms with Crippen LogP contribution in [0.1, 0.15) is 37.8 Å². The van der Waals surface area contributed by atoms with Crippen molar-refractivity contribution in [3.8, 4) is 11.5 Å². The smallest absolute Gasteiger partial charge is 0.237 e. The SMILES string of the molecule is CCCCN(CC)CC(=O)N1CCc2cc(OC)c(OC)cc2C1. The van der Waals surface area contributed by atoms with Gasteiger partial charge in [0.25, 0.3) is 0 Å². The molecular weight excluding hydrogens is 304 g/mol. The number of carbonyl (C=O) groups excluding carboxylic acids is 1. The first-order chi connectivity index (χ1) is 11.6. The molecule has 0 bridgehead atoms. The highest BCUT2D eigenvalue weighted by molar-refractivity contribution is 5.78. The zero-order valence-corrected chi connectivity index (χ0v) is 15.4. The van der Waals surface area contributed by atoms with Gasteiger partial charge in [0.1, 0.15) is 0 Å². The van der Waals surface area contributed by atoms with E-state index in [4.69, 9.17) is 9.47 Å². The molecule has 1 aliphatic rings. The van der Waals surface area contributed by atoms with E-state index in [1.54, 1.807) is 14.2 Å². The predicted octanol–water partition coefficient (Wildman–Crippen LogP) is 2.71. The number of hydrogen-bond acceptors (Lipinski definition) is 4. The molecule has 24 heavy (non-hydrogen) atoms. The van der Waals surface area contributed by atoms with Crippen LogP contribution < -0.4 is 9.47 Å². The number of rotatable bonds is 8. The third-order valence-corrected chi connectivity index (χ3v) is 4.70. The summed E-state index contributed by atoms with van der Waals surface area (Å²) >= 11 is 0. The van der Waals surface area contributed by atoms with E-state index >= 15 is 0 Å². The van der Waals surface area contributed by atoms with E-state index in [-0.39, 0.29) is 5.91 Å². The van der Waals surface area contributed by atoms with Gasteiger partial charge in [0.05, 0.1) is 20.8 Å². The molecule has 1 aliphatic heterocycles. The van der Waals surface area contributed by atoms with Crippen molar-refractivity contribution < 1.29 is 14.3 Å². The molecule has 5 nitrogen and oxygen atoms in total. The summed E-state index contributed by atoms with van der Waals surface area (Å²) in [5.74, 6) is 1.70. The summed E-state index contributed by atoms with van der Waals surface area (Å²) in [6.45, 7) is 8.14. The Balaban J connectivity index is 2.04. The van der Waals surface area contributed by atoms with Gasteiger partial charge in [0.2, 0.25) is 5.91 Å². The van der Waals surface area contributed by atoms with Crippen LogP contribution in [-0.2, 0) is 17.8 Å². The molecule has 0 aliphatic carbocycles. The quantitative estimate of drug-likeness (QED) is 0.733. The van der Waals surface area contributed by atoms with Crippen molar-refractivity contribution in [3.63, 3.8) is 0 Å². The zero-order valence-electron chi connectivity index (χ0n) is 15.4. The summed E-state index contributed by atoms with van der Waals surface area (Å²) in [4.78, 5) is 16.8. The molecule has 5 heteroatoms. The van der Waals surface area contributed by atoms with Crippen molar-refractivity contribution in [2.45, 2.75) is 39.7 Å². The second kappa shape index (κ2) is 8.92. The van der Waals surface area contributed by atoms with E-state index in [0.29, 0.717) is 13.1 Å². The second-order valence-corrected chi connectivity index (χ2v) is 6.26. The molecular formula is C19H30N2O3. The molecule has 0 aromatic heterocycles. The van der Waals surface area contributed by atoms with Crippen LogP contribution in [-0.4, -0.2) is 56.1 Å². The second-order valence-electron chi connectivity index (χ2n) is 6.26. The van der Waals surface area contributed by atoms with E-state index < -0.39 is 0 Å². The van der Waals surface area contributed by atoms with Gasteiger partial charge in [-0.05, 0) is 49.2 Å². The Morgan fingerprint density at radius 3 is 2.42 bits per heavy atom. The van der Waals surface area contributed by atoms with Crippen LogP contribution in [0.2, 0.25) is 0 Å². The molecule has 134 valence electrons. The normalized spacial score (nSPS) is 13.8. The fourth-order valence-corrected chi connectivity index (χ4v) is 3.12. The Labute approximate surface area is 145 Å². The monoisotopic (exact) mass is 334 g/mol. The van der Waals surface area contributed by atoms with Gasteiger partial charge in [0.15, 0.2) is 11.5 Å². The van der Waals surface area contributed by atoms with Crippen molar-refractivity contribution in [1.29, 1.82) is 0 Å². The minimum atomic E-state index is 0.216. The first-order valence-electron chi connectivity index (χ1n) is 8.86. The maximum atomic E-state index is 12.6. The summed E-state index contributed by atoms with van der Waals surface area (Å²) < 4.78 is 10.8. The Hall–Kier alpha value is -1.75. The number of fused-ring (bicyclic) bond motifs is 1. The van der Waals surface area contributed by atoms with Crippen LogP contribution in [0.25, 0.3) is 0 Å². The van der Waals surface area contributed by atoms with Crippen molar-refractivity contribution in [2.24, 2.45) is 0 Å². The van der Waals surface area contributed by atoms with Crippen LogP contribution in [0.5, 0.6) is 11.5 Å². The molecule has 0 spiro atoms. The lowest BCUT2D eigenvalue weighted by Crippen LogP contribution is -2.43. The van der Waals surface area contributed by atoms with Gasteiger partial charge in [-0.25, -0.2) is 0 Å². The number of amides is 1. The topological polar surface area (TPSA) is 42.0 Å². The fourth-order valence-electron chi connectivity index (χ4n) is 3.12. The average Bonchev–Trinajstić information content (AvgIpc) is 2.63. The number of likely N-dealkylation sites (N-methyl/N-ethyl adjacent to an activating group) is 1. The Bertz CT molecular complexity index is 560. The van der Waals surface area contributed by atoms with E-state index in [2.05, 4.69) is 18.7 Å². The van der Waals surface area contributed by atoms with Crippen molar-refractivity contribution in [2.75, 3.05) is 40.4 Å². The van der Waals surface area contributed by atoms with Gasteiger partial charge in [-0.3, -0.25) is 9.69 Å². The van der Waals surface area contributed by atoms with Crippen LogP contribution in [0.4, 0.5) is 0 Å². The van der Waals surface area contributed by atoms with Gasteiger partial charge in [0, 0.05) is 13.1 Å². The van der Waals surface area contributed by atoms with Crippen LogP contribution in [0.15, 0.2) is 12.1 Å². The first kappa shape index (κ1) is 18.6. The van der Waals surface area contributed by atoms with Gasteiger partial charge in [-0.2, -0.15) is 0 Å². The minimum Gasteiger partial charge on any atom is -0.493 e. The highest BCUT2D eigenvalue weighted by Crippen LogP contribution is 2.33. The van der Waals surface area contributed by atoms with E-state index in [1.165, 1.54) is 5.56 Å². The molecule has 0 saturated carbocycles. The van der Waals surface area contributed by atoms with Crippen molar-refractivity contribution >= 4 is 5.91 Å². The van der Waals surface area contributed by atoms with Gasteiger partial charge >= 0.3 is 0 Å². The lowest BCUT2D eigenvalue weighted by atomic mass is 9.98. The Kier molecular flexibility index (Phi) is 6.91. The Morgan fingerprint density at radius 2 is 1.83 bits per heavy atom. The van der Waals surface area contributed by atoms with Crippen molar-refractivity contribution in [3.05, 3.63) is 23.3 Å². The van der Waals surface area contributed by atoms with E-state index in [1.807, 2.05) is 17.0 Å². The third kappa shape index (κ3) is 4.41. The van der Waals surface area contributed by atoms with Gasteiger partial charge < -0.3 is 14.4 Å². The molecule has 0 fully saturated rings. The molecule has 0 atom stereocenters. The number of hydrogen-bond donors (Lipinski definition) is 0. The number of carbonyl (C=O) groups is 1. The number of unbranched alkanes of at least 4 members (excludes halogenated alkanes) is 1. The number of benzene rings is 1. The van der Waals surface area contributed by atoms with Crippen LogP contribution in [0, 0.1) is 0 Å². The predicted molar refractivity (Wildman–Crippen MR) is 95.7 cm³/mol. The molecule has 0 radical (unpaired) electrons. The molecule has 1 aromatic rings. The highest BCUT2D eigenvalue weighted by Gasteiger charge is 2.23. The maximum Gasteiger partial charge on any atom is 0.237 e. The highest BCUT2D eigenvalue weighted by atomic mass is 16.5. The van der Waals surface area contributed by atoms with Crippen LogP contribution >= 0.6 is 0 Å². The lowest BCUT2D eigenvalue weighted by Gasteiger charge is -2.31. The largest absolute Gasteiger partial charge is 0.493 e. The van der Waals surface area contributed by atoms with Gasteiger partial charge in [-0.1, -0.05) is 20.3 Å². The summed E-state index contributed by atoms with van der Waals surface area (Å²) in [5.41, 5.74) is 2.40. The molecule has 1 amide bonds. The first-order valence-corrected chi connectivity index (χ1v) is 8.86. The Morgan fingerprint density at radius 1 is 1.17 bits per heavy atom. The van der Waals surface area contributed by atoms with E-state index in [9.17, 15) is 4.79 Å². The molecule has 1 heterocycles. The van der Waals surface area contributed by atoms with Gasteiger partial charge in [-0.15, -0.1) is 0 Å². The standard InChI is InChI=1S/C19H30N2O3/c1-5-7-9-20(6-2)14-19(22)21-10-8-15-11-17(23-3)18(24-4)12-16(15)13-21/h11-12H,5-10,13-14H2,1-4H3. The lowest BCUT2D eigenvalue weighted by molar-refractivity contribution is -0.133. The summed E-state index contributed by atoms with van der Waals surface area (Å²) in [6.07, 6.45) is 3.16. The zero-order chi connectivity index (χ0) is 17.5. The fraction of sp³-hybridized carbons (Fsp3) is 0.632. The number of ether oxygens (including phenoxy) is 2. The average molecular weight is 334 g/mol. The number of methoxy groups -OCH3 is 2. The molecule has 1 aromatic carbocycles. The molecule has 0 saturated heterocycles. The summed E-state index contributed by atoms with van der Waals surface area (Å²) in [7, 11) is 3.29. The number of nitrogens with zero attached hydrogens (tertiary/aromatic N) is 2. The summed E-state index contributed by atoms with van der Waals surface area (Å²) in [5, 5.41) is 0.